The van der Waals surface area contributed by atoms with Crippen LogP contribution in [0.3, 0.4) is 0 Å². The topological polar surface area (TPSA) is 17.1 Å². The number of carbonyl (C=O) groups excluding carboxylic acids is 1. The van der Waals surface area contributed by atoms with Crippen LogP contribution in [0, 0.1) is 6.92 Å². The Kier molecular flexibility index (Phi) is 5.66. The van der Waals surface area contributed by atoms with E-state index in [1.165, 1.54) is 5.56 Å². The van der Waals surface area contributed by atoms with E-state index in [0.29, 0.717) is 0 Å². The molecule has 0 bridgehead atoms. The number of aldehydes is 1. The molecule has 1 aromatic rings. The Bertz CT molecular complexity index is 522. The molecule has 0 saturated heterocycles. The molecular weight excluding hydrogens is 240 g/mol. The van der Waals surface area contributed by atoms with Crippen LogP contribution in [0.1, 0.15) is 52.0 Å². The van der Waals surface area contributed by atoms with Gasteiger partial charge in [-0.1, -0.05) is 30.4 Å². The first-order chi connectivity index (χ1) is 8.69. The summed E-state index contributed by atoms with van der Waals surface area (Å²) in [6.07, 6.45) is 13.0. The van der Waals surface area contributed by atoms with E-state index in [2.05, 4.69) is 19.1 Å². The van der Waals surface area contributed by atoms with Crippen molar-refractivity contribution in [1.29, 1.82) is 0 Å². The molecule has 0 radical (unpaired) electrons. The molecule has 1 rings (SSSR count). The van der Waals surface area contributed by atoms with Crippen molar-refractivity contribution in [2.24, 2.45) is 0 Å². The molecule has 0 N–H and O–H groups in total. The Balaban J connectivity index is 3.69. The van der Waals surface area contributed by atoms with E-state index in [4.69, 9.17) is 0 Å². The maximum Gasteiger partial charge on any atom is 0.278 e. The van der Waals surface area contributed by atoms with Gasteiger partial charge >= 0.3 is 0 Å². The van der Waals surface area contributed by atoms with E-state index in [-0.39, 0.29) is 0 Å². The van der Waals surface area contributed by atoms with Crippen LogP contribution in [0.2, 0.25) is 0 Å². The van der Waals surface area contributed by atoms with Crippen molar-refractivity contribution < 1.29 is 4.79 Å². The standard InChI is InChI=1S/C16H19OS/c1-5-8-13-12(4)15(10-7-3)18-16(11-17)14(13)9-6-2/h5-11H,1-4H3/q+1/b8-5+,9-6+,10-7+. The molecule has 1 heterocycles. The molecule has 0 spiro atoms. The fourth-order valence-electron chi connectivity index (χ4n) is 1.84. The Morgan fingerprint density at radius 1 is 0.833 bits per heavy atom. The molecule has 0 unspecified atom stereocenters. The average Bonchev–Trinajstić information content (AvgIpc) is 2.37. The van der Waals surface area contributed by atoms with Crippen molar-refractivity contribution >= 4 is 35.9 Å². The lowest BCUT2D eigenvalue weighted by Gasteiger charge is -2.04. The highest BCUT2D eigenvalue weighted by atomic mass is 32.1. The fraction of sp³-hybridized carbons (Fsp3) is 0.250. The van der Waals surface area contributed by atoms with Crippen LogP contribution in [0.25, 0.3) is 18.2 Å². The first-order valence-electron chi connectivity index (χ1n) is 6.03. The highest BCUT2D eigenvalue weighted by Crippen LogP contribution is 2.30. The van der Waals surface area contributed by atoms with Gasteiger partial charge in [-0.25, -0.2) is 0 Å². The SMILES string of the molecule is C/C=C/c1[s+]c(C=O)c(/C=C/C)c(/C=C/C)c1C. The zero-order valence-corrected chi connectivity index (χ0v) is 12.2. The van der Waals surface area contributed by atoms with Gasteiger partial charge in [0.05, 0.1) is 5.56 Å². The first-order valence-corrected chi connectivity index (χ1v) is 6.85. The first kappa shape index (κ1) is 14.5. The van der Waals surface area contributed by atoms with Gasteiger partial charge in [0.25, 0.3) is 4.88 Å². The van der Waals surface area contributed by atoms with E-state index < -0.39 is 0 Å². The lowest BCUT2D eigenvalue weighted by Crippen LogP contribution is -1.94. The summed E-state index contributed by atoms with van der Waals surface area (Å²) in [6, 6.07) is 0. The molecule has 94 valence electrons. The van der Waals surface area contributed by atoms with Gasteiger partial charge in [-0.05, 0) is 39.3 Å². The smallest absolute Gasteiger partial charge is 0.278 e. The Hall–Kier alpha value is -1.54. The highest BCUT2D eigenvalue weighted by Gasteiger charge is 2.21. The maximum atomic E-state index is 11.3. The normalized spacial score (nSPS) is 12.0. The summed E-state index contributed by atoms with van der Waals surface area (Å²) in [4.78, 5) is 13.2. The van der Waals surface area contributed by atoms with Gasteiger partial charge in [-0.15, -0.1) is 0 Å². The van der Waals surface area contributed by atoms with Crippen molar-refractivity contribution in [3.8, 4) is 0 Å². The fourth-order valence-corrected chi connectivity index (χ4v) is 2.88. The van der Waals surface area contributed by atoms with Gasteiger partial charge in [0.1, 0.15) is 0 Å². The molecule has 0 amide bonds. The molecule has 0 saturated carbocycles. The van der Waals surface area contributed by atoms with E-state index in [1.807, 2.05) is 45.1 Å². The third-order valence-electron chi connectivity index (χ3n) is 2.64. The monoisotopic (exact) mass is 259 g/mol. The highest BCUT2D eigenvalue weighted by molar-refractivity contribution is 7.14. The average molecular weight is 259 g/mol. The Morgan fingerprint density at radius 3 is 1.89 bits per heavy atom. The molecule has 0 atom stereocenters. The van der Waals surface area contributed by atoms with Crippen molar-refractivity contribution in [3.05, 3.63) is 44.7 Å². The van der Waals surface area contributed by atoms with Crippen LogP contribution in [-0.2, 0) is 0 Å². The van der Waals surface area contributed by atoms with Crippen LogP contribution < -0.4 is 0 Å². The molecule has 1 aromatic heterocycles. The van der Waals surface area contributed by atoms with Crippen molar-refractivity contribution in [3.63, 3.8) is 0 Å². The van der Waals surface area contributed by atoms with Crippen LogP contribution in [0.4, 0.5) is 0 Å². The molecule has 0 aliphatic carbocycles. The second-order valence-corrected chi connectivity index (χ2v) is 4.98. The van der Waals surface area contributed by atoms with Gasteiger partial charge < -0.3 is 0 Å². The van der Waals surface area contributed by atoms with Gasteiger partial charge in [0, 0.05) is 5.56 Å². The van der Waals surface area contributed by atoms with Gasteiger partial charge in [0.2, 0.25) is 22.5 Å². The summed E-state index contributed by atoms with van der Waals surface area (Å²) in [7, 11) is 0. The summed E-state index contributed by atoms with van der Waals surface area (Å²) in [5.41, 5.74) is 3.36. The van der Waals surface area contributed by atoms with Crippen LogP contribution in [-0.4, -0.2) is 6.29 Å². The van der Waals surface area contributed by atoms with E-state index in [1.54, 1.807) is 11.3 Å². The lowest BCUT2D eigenvalue weighted by atomic mass is 10.0. The zero-order valence-electron chi connectivity index (χ0n) is 11.4. The van der Waals surface area contributed by atoms with E-state index in [0.717, 1.165) is 27.2 Å². The third-order valence-corrected chi connectivity index (χ3v) is 3.84. The Labute approximate surface area is 113 Å². The molecule has 0 aliphatic rings. The number of allylic oxidation sites excluding steroid dienone is 3. The van der Waals surface area contributed by atoms with Crippen molar-refractivity contribution in [2.45, 2.75) is 27.7 Å². The second-order valence-electron chi connectivity index (χ2n) is 3.90. The zero-order chi connectivity index (χ0) is 13.5. The minimum Gasteiger partial charge on any atom is -0.292 e. The summed E-state index contributed by atoms with van der Waals surface area (Å²) in [6.45, 7) is 8.05. The molecule has 0 aromatic carbocycles. The number of hydrogen-bond donors (Lipinski definition) is 0. The maximum absolute atomic E-state index is 11.3. The Morgan fingerprint density at radius 2 is 1.39 bits per heavy atom. The molecule has 0 aliphatic heterocycles. The quantitative estimate of drug-likeness (QED) is 0.533. The summed E-state index contributed by atoms with van der Waals surface area (Å²) >= 11 is 1.54. The van der Waals surface area contributed by atoms with Crippen LogP contribution in [0.5, 0.6) is 0 Å². The molecular formula is C16H19OS+. The van der Waals surface area contributed by atoms with Gasteiger partial charge in [0.15, 0.2) is 0 Å². The van der Waals surface area contributed by atoms with Crippen LogP contribution in [0.15, 0.2) is 18.2 Å². The minimum absolute atomic E-state index is 0.778. The number of carbonyl (C=O) groups is 1. The third kappa shape index (κ3) is 3.02. The number of rotatable bonds is 4. The molecule has 2 heteroatoms. The van der Waals surface area contributed by atoms with Gasteiger partial charge in [-0.3, -0.25) is 4.79 Å². The van der Waals surface area contributed by atoms with Crippen molar-refractivity contribution in [2.75, 3.05) is 0 Å². The molecule has 18 heavy (non-hydrogen) atoms. The van der Waals surface area contributed by atoms with Gasteiger partial charge in [-0.2, -0.15) is 0 Å². The van der Waals surface area contributed by atoms with Crippen molar-refractivity contribution in [1.82, 2.24) is 0 Å². The van der Waals surface area contributed by atoms with E-state index >= 15 is 0 Å². The molecule has 1 nitrogen and oxygen atoms in total. The predicted octanol–water partition coefficient (Wildman–Crippen LogP) is 5.25. The van der Waals surface area contributed by atoms with E-state index in [9.17, 15) is 4.79 Å². The molecule has 0 fully saturated rings. The van der Waals surface area contributed by atoms with Crippen LogP contribution >= 0.6 is 11.3 Å². The minimum atomic E-state index is 0.778. The second kappa shape index (κ2) is 7.02. The largest absolute Gasteiger partial charge is 0.292 e. The predicted molar refractivity (Wildman–Crippen MR) is 83.0 cm³/mol. The summed E-state index contributed by atoms with van der Waals surface area (Å²) in [5, 5.41) is 0. The lowest BCUT2D eigenvalue weighted by molar-refractivity contribution is 0.112. The summed E-state index contributed by atoms with van der Waals surface area (Å²) < 4.78 is 0. The summed E-state index contributed by atoms with van der Waals surface area (Å²) in [5.74, 6) is 0. The number of hydrogen-bond acceptors (Lipinski definition) is 1.